The van der Waals surface area contributed by atoms with Crippen LogP contribution in [-0.4, -0.2) is 28.0 Å². The van der Waals surface area contributed by atoms with Gasteiger partial charge in [0.15, 0.2) is 0 Å². The lowest BCUT2D eigenvalue weighted by Gasteiger charge is -2.27. The summed E-state index contributed by atoms with van der Waals surface area (Å²) in [5, 5.41) is 11.3. The van der Waals surface area contributed by atoms with Crippen molar-refractivity contribution in [2.45, 2.75) is 34.6 Å². The molecule has 20 heavy (non-hydrogen) atoms. The fraction of sp³-hybridized carbons (Fsp3) is 0.692. The lowest BCUT2D eigenvalue weighted by Crippen LogP contribution is -2.33. The monoisotopic (exact) mass is 281 g/mol. The first-order valence-electron chi connectivity index (χ1n) is 6.75. The highest BCUT2D eigenvalue weighted by Crippen LogP contribution is 2.30. The number of aromatic nitrogens is 2. The minimum absolute atomic E-state index is 0.0551. The molecule has 0 fully saturated rings. The Bertz CT molecular complexity index is 478. The Morgan fingerprint density at radius 1 is 1.20 bits per heavy atom. The Hall–Kier alpha value is -1.92. The first kappa shape index (κ1) is 16.1. The van der Waals surface area contributed by atoms with Crippen LogP contribution in [-0.2, 0) is 0 Å². The number of nitro groups is 1. The van der Waals surface area contributed by atoms with Crippen molar-refractivity contribution in [2.24, 2.45) is 11.8 Å². The molecule has 0 aliphatic heterocycles. The Balaban J connectivity index is 3.33. The van der Waals surface area contributed by atoms with Gasteiger partial charge in [-0.3, -0.25) is 10.1 Å². The summed E-state index contributed by atoms with van der Waals surface area (Å²) >= 11 is 0. The molecule has 1 heterocycles. The number of anilines is 2. The topological polar surface area (TPSA) is 98.2 Å². The molecular formula is C13H23N5O2. The van der Waals surface area contributed by atoms with Gasteiger partial charge >= 0.3 is 5.69 Å². The molecule has 0 bridgehead atoms. The molecule has 7 nitrogen and oxygen atoms in total. The van der Waals surface area contributed by atoms with Crippen molar-refractivity contribution in [1.82, 2.24) is 9.97 Å². The molecule has 112 valence electrons. The van der Waals surface area contributed by atoms with E-state index in [2.05, 4.69) is 37.7 Å². The molecule has 0 saturated heterocycles. The first-order valence-corrected chi connectivity index (χ1v) is 6.75. The highest BCUT2D eigenvalue weighted by atomic mass is 16.6. The molecule has 0 aromatic carbocycles. The van der Waals surface area contributed by atoms with Crippen molar-refractivity contribution in [1.29, 1.82) is 0 Å². The quantitative estimate of drug-likeness (QED) is 0.635. The summed E-state index contributed by atoms with van der Waals surface area (Å²) in [4.78, 5) is 20.8. The number of hydrogen-bond donors (Lipinski definition) is 1. The van der Waals surface area contributed by atoms with E-state index in [0.29, 0.717) is 36.4 Å². The van der Waals surface area contributed by atoms with Crippen molar-refractivity contribution in [3.63, 3.8) is 0 Å². The van der Waals surface area contributed by atoms with Gasteiger partial charge < -0.3 is 10.6 Å². The van der Waals surface area contributed by atoms with Gasteiger partial charge in [-0.1, -0.05) is 27.7 Å². The molecule has 0 saturated carbocycles. The van der Waals surface area contributed by atoms with Crippen molar-refractivity contribution in [2.75, 3.05) is 23.7 Å². The predicted molar refractivity (Wildman–Crippen MR) is 79.7 cm³/mol. The molecule has 1 aromatic rings. The first-order chi connectivity index (χ1) is 9.22. The van der Waals surface area contributed by atoms with Crippen LogP contribution in [0.4, 0.5) is 17.5 Å². The molecule has 1 aromatic heterocycles. The summed E-state index contributed by atoms with van der Waals surface area (Å²) in [6, 6.07) is 0. The zero-order valence-electron chi connectivity index (χ0n) is 12.8. The molecule has 7 heteroatoms. The van der Waals surface area contributed by atoms with Crippen LogP contribution in [0.25, 0.3) is 0 Å². The van der Waals surface area contributed by atoms with E-state index in [9.17, 15) is 10.1 Å². The number of aryl methyl sites for hydroxylation is 1. The highest BCUT2D eigenvalue weighted by Gasteiger charge is 2.26. The van der Waals surface area contributed by atoms with Crippen LogP contribution in [0.2, 0.25) is 0 Å². The zero-order valence-corrected chi connectivity index (χ0v) is 12.8. The summed E-state index contributed by atoms with van der Waals surface area (Å²) < 4.78 is 0. The molecular weight excluding hydrogens is 258 g/mol. The largest absolute Gasteiger partial charge is 0.368 e. The summed E-state index contributed by atoms with van der Waals surface area (Å²) in [6.45, 7) is 11.2. The second-order valence-corrected chi connectivity index (χ2v) is 5.79. The lowest BCUT2D eigenvalue weighted by atomic mass is 10.1. The maximum Gasteiger partial charge on any atom is 0.332 e. The average molecular weight is 281 g/mol. The van der Waals surface area contributed by atoms with Gasteiger partial charge in [0.25, 0.3) is 0 Å². The van der Waals surface area contributed by atoms with Gasteiger partial charge in [-0.05, 0) is 18.8 Å². The van der Waals surface area contributed by atoms with Crippen LogP contribution >= 0.6 is 0 Å². The fourth-order valence-electron chi connectivity index (χ4n) is 2.14. The normalized spacial score (nSPS) is 11.2. The molecule has 0 atom stereocenters. The van der Waals surface area contributed by atoms with Gasteiger partial charge in [0.2, 0.25) is 11.8 Å². The molecule has 1 rings (SSSR count). The molecule has 0 spiro atoms. The van der Waals surface area contributed by atoms with E-state index in [4.69, 9.17) is 5.73 Å². The van der Waals surface area contributed by atoms with E-state index in [1.165, 1.54) is 0 Å². The van der Waals surface area contributed by atoms with E-state index in [0.717, 1.165) is 0 Å². The third kappa shape index (κ3) is 4.04. The van der Waals surface area contributed by atoms with E-state index in [-0.39, 0.29) is 11.6 Å². The van der Waals surface area contributed by atoms with Crippen LogP contribution in [0, 0.1) is 28.9 Å². The molecule has 0 amide bonds. The van der Waals surface area contributed by atoms with Crippen molar-refractivity contribution in [3.05, 3.63) is 15.8 Å². The third-order valence-corrected chi connectivity index (χ3v) is 2.71. The number of hydrogen-bond acceptors (Lipinski definition) is 6. The Kier molecular flexibility index (Phi) is 5.24. The summed E-state index contributed by atoms with van der Waals surface area (Å²) in [6.07, 6.45) is 0. The lowest BCUT2D eigenvalue weighted by molar-refractivity contribution is -0.385. The molecule has 0 aliphatic carbocycles. The Morgan fingerprint density at radius 3 is 2.10 bits per heavy atom. The molecule has 2 N–H and O–H groups in total. The van der Waals surface area contributed by atoms with Crippen molar-refractivity contribution >= 4 is 17.5 Å². The smallest absolute Gasteiger partial charge is 0.332 e. The second-order valence-electron chi connectivity index (χ2n) is 5.79. The summed E-state index contributed by atoms with van der Waals surface area (Å²) in [5.74, 6) is 1.12. The van der Waals surface area contributed by atoms with E-state index < -0.39 is 4.92 Å². The number of nitrogen functional groups attached to an aromatic ring is 1. The maximum atomic E-state index is 11.3. The number of nitrogens with zero attached hydrogens (tertiary/aromatic N) is 4. The number of nitrogens with two attached hydrogens (primary N) is 1. The zero-order chi connectivity index (χ0) is 15.4. The fourth-order valence-corrected chi connectivity index (χ4v) is 2.14. The van der Waals surface area contributed by atoms with Crippen molar-refractivity contribution < 1.29 is 4.92 Å². The van der Waals surface area contributed by atoms with Crippen LogP contribution in [0.5, 0.6) is 0 Å². The van der Waals surface area contributed by atoms with Gasteiger partial charge in [-0.2, -0.15) is 4.98 Å². The van der Waals surface area contributed by atoms with Crippen LogP contribution in [0.3, 0.4) is 0 Å². The standard InChI is InChI=1S/C13H23N5O2/c1-8(2)6-17(7-9(3)4)12-11(18(19)20)10(5)15-13(14)16-12/h8-9H,6-7H2,1-5H3,(H2,14,15,16). The van der Waals surface area contributed by atoms with Crippen LogP contribution in [0.1, 0.15) is 33.4 Å². The molecule has 0 unspecified atom stereocenters. The maximum absolute atomic E-state index is 11.3. The third-order valence-electron chi connectivity index (χ3n) is 2.71. The van der Waals surface area contributed by atoms with Crippen molar-refractivity contribution in [3.8, 4) is 0 Å². The predicted octanol–water partition coefficient (Wildman–Crippen LogP) is 2.39. The Labute approximate surface area is 119 Å². The van der Waals surface area contributed by atoms with Gasteiger partial charge in [-0.15, -0.1) is 0 Å². The van der Waals surface area contributed by atoms with E-state index >= 15 is 0 Å². The van der Waals surface area contributed by atoms with Crippen LogP contribution in [0.15, 0.2) is 0 Å². The van der Waals surface area contributed by atoms with Crippen LogP contribution < -0.4 is 10.6 Å². The van der Waals surface area contributed by atoms with Gasteiger partial charge in [0, 0.05) is 13.1 Å². The van der Waals surface area contributed by atoms with Gasteiger partial charge in [-0.25, -0.2) is 4.98 Å². The van der Waals surface area contributed by atoms with Gasteiger partial charge in [0.1, 0.15) is 5.69 Å². The van der Waals surface area contributed by atoms with E-state index in [1.807, 2.05) is 4.90 Å². The van der Waals surface area contributed by atoms with E-state index in [1.54, 1.807) is 6.92 Å². The summed E-state index contributed by atoms with van der Waals surface area (Å²) in [7, 11) is 0. The SMILES string of the molecule is Cc1nc(N)nc(N(CC(C)C)CC(C)C)c1[N+](=O)[O-]. The minimum atomic E-state index is -0.433. The molecule has 0 radical (unpaired) electrons. The Morgan fingerprint density at radius 2 is 1.70 bits per heavy atom. The molecule has 0 aliphatic rings. The summed E-state index contributed by atoms with van der Waals surface area (Å²) in [5.41, 5.74) is 5.90. The second kappa shape index (κ2) is 6.49. The average Bonchev–Trinajstić information content (AvgIpc) is 2.24. The highest BCUT2D eigenvalue weighted by molar-refractivity contribution is 5.62. The van der Waals surface area contributed by atoms with Gasteiger partial charge in [0.05, 0.1) is 4.92 Å². The number of rotatable bonds is 6. The minimum Gasteiger partial charge on any atom is -0.368 e.